The van der Waals surface area contributed by atoms with E-state index in [4.69, 9.17) is 0 Å². The molecule has 3 rings (SSSR count). The molecule has 0 fully saturated rings. The van der Waals surface area contributed by atoms with E-state index >= 15 is 0 Å². The summed E-state index contributed by atoms with van der Waals surface area (Å²) in [7, 11) is -3.45. The molecule has 0 bridgehead atoms. The number of fused-ring (bicyclic) bond motifs is 1. The van der Waals surface area contributed by atoms with Crippen LogP contribution in [0.3, 0.4) is 0 Å². The van der Waals surface area contributed by atoms with E-state index in [0.717, 1.165) is 24.2 Å². The summed E-state index contributed by atoms with van der Waals surface area (Å²) in [5.41, 5.74) is 1.86. The second kappa shape index (κ2) is 5.79. The molecule has 2 heterocycles. The number of para-hydroxylation sites is 1. The summed E-state index contributed by atoms with van der Waals surface area (Å²) in [5, 5.41) is 5.22. The Labute approximate surface area is 129 Å². The molecule has 0 aliphatic carbocycles. The van der Waals surface area contributed by atoms with Crippen molar-refractivity contribution >= 4 is 27.0 Å². The highest BCUT2D eigenvalue weighted by Crippen LogP contribution is 2.37. The molecule has 1 aliphatic rings. The normalized spacial score (nSPS) is 18.5. The number of sulfonamides is 1. The van der Waals surface area contributed by atoms with Gasteiger partial charge in [0, 0.05) is 12.6 Å². The standard InChI is InChI=1S/C15H18N2O2S2/c1-2-16-13-9-10-17(14-7-4-3-6-12(13)14)21(18,19)15-8-5-11-20-15/h3-8,11,13,16H,2,9-10H2,1H3. The van der Waals surface area contributed by atoms with Crippen molar-refractivity contribution in [1.29, 1.82) is 0 Å². The van der Waals surface area contributed by atoms with E-state index in [0.29, 0.717) is 10.8 Å². The first kappa shape index (κ1) is 14.6. The van der Waals surface area contributed by atoms with Gasteiger partial charge in [0.2, 0.25) is 0 Å². The van der Waals surface area contributed by atoms with Gasteiger partial charge >= 0.3 is 0 Å². The molecular formula is C15H18N2O2S2. The maximum atomic E-state index is 12.8. The summed E-state index contributed by atoms with van der Waals surface area (Å²) in [6.45, 7) is 3.45. The van der Waals surface area contributed by atoms with Crippen molar-refractivity contribution in [3.8, 4) is 0 Å². The number of benzene rings is 1. The number of hydrogen-bond acceptors (Lipinski definition) is 4. The van der Waals surface area contributed by atoms with Crippen LogP contribution in [0.15, 0.2) is 46.0 Å². The molecule has 4 nitrogen and oxygen atoms in total. The van der Waals surface area contributed by atoms with Gasteiger partial charge in [0.05, 0.1) is 5.69 Å². The maximum Gasteiger partial charge on any atom is 0.273 e. The van der Waals surface area contributed by atoms with Crippen molar-refractivity contribution in [3.05, 3.63) is 47.3 Å². The maximum absolute atomic E-state index is 12.8. The van der Waals surface area contributed by atoms with Gasteiger partial charge in [-0.1, -0.05) is 31.2 Å². The van der Waals surface area contributed by atoms with Gasteiger partial charge in [-0.3, -0.25) is 4.31 Å². The van der Waals surface area contributed by atoms with Crippen molar-refractivity contribution in [2.45, 2.75) is 23.6 Å². The molecule has 1 aromatic heterocycles. The van der Waals surface area contributed by atoms with Crippen LogP contribution in [0.2, 0.25) is 0 Å². The van der Waals surface area contributed by atoms with Gasteiger partial charge in [0.15, 0.2) is 0 Å². The molecule has 112 valence electrons. The third kappa shape index (κ3) is 2.59. The first-order valence-corrected chi connectivity index (χ1v) is 9.35. The summed E-state index contributed by atoms with van der Waals surface area (Å²) in [6.07, 6.45) is 0.787. The van der Waals surface area contributed by atoms with Crippen LogP contribution in [0, 0.1) is 0 Å². The molecule has 1 N–H and O–H groups in total. The molecule has 0 amide bonds. The van der Waals surface area contributed by atoms with Crippen LogP contribution in [0.1, 0.15) is 24.9 Å². The highest BCUT2D eigenvalue weighted by Gasteiger charge is 2.32. The number of nitrogens with one attached hydrogen (secondary N) is 1. The Bertz CT molecular complexity index is 711. The van der Waals surface area contributed by atoms with Gasteiger partial charge in [0.1, 0.15) is 4.21 Å². The minimum Gasteiger partial charge on any atom is -0.310 e. The smallest absolute Gasteiger partial charge is 0.273 e. The average molecular weight is 322 g/mol. The van der Waals surface area contributed by atoms with Gasteiger partial charge in [0.25, 0.3) is 10.0 Å². The summed E-state index contributed by atoms with van der Waals surface area (Å²) in [5.74, 6) is 0. The van der Waals surface area contributed by atoms with Crippen LogP contribution in [-0.4, -0.2) is 21.5 Å². The Morgan fingerprint density at radius 3 is 2.81 bits per heavy atom. The van der Waals surface area contributed by atoms with Crippen molar-refractivity contribution in [3.63, 3.8) is 0 Å². The molecule has 1 aliphatic heterocycles. The third-order valence-corrected chi connectivity index (χ3v) is 6.88. The second-order valence-corrected chi connectivity index (χ2v) is 8.00. The predicted molar refractivity (Wildman–Crippen MR) is 86.3 cm³/mol. The lowest BCUT2D eigenvalue weighted by molar-refractivity contribution is 0.502. The zero-order valence-corrected chi connectivity index (χ0v) is 13.5. The van der Waals surface area contributed by atoms with Gasteiger partial charge < -0.3 is 5.32 Å². The first-order valence-electron chi connectivity index (χ1n) is 7.03. The van der Waals surface area contributed by atoms with Crippen LogP contribution in [0.5, 0.6) is 0 Å². The Balaban J connectivity index is 2.04. The Hall–Kier alpha value is -1.37. The fourth-order valence-corrected chi connectivity index (χ4v) is 5.37. The van der Waals surface area contributed by atoms with E-state index in [1.807, 2.05) is 24.3 Å². The fraction of sp³-hybridized carbons (Fsp3) is 0.333. The topological polar surface area (TPSA) is 49.4 Å². The van der Waals surface area contributed by atoms with Gasteiger partial charge in [-0.25, -0.2) is 8.42 Å². The highest BCUT2D eigenvalue weighted by atomic mass is 32.2. The summed E-state index contributed by atoms with van der Waals surface area (Å²) in [4.78, 5) is 0. The zero-order valence-electron chi connectivity index (χ0n) is 11.8. The molecular weight excluding hydrogens is 304 g/mol. The number of hydrogen-bond donors (Lipinski definition) is 1. The van der Waals surface area contributed by atoms with Gasteiger partial charge in [-0.15, -0.1) is 11.3 Å². The monoisotopic (exact) mass is 322 g/mol. The predicted octanol–water partition coefficient (Wildman–Crippen LogP) is 3.00. The average Bonchev–Trinajstić information content (AvgIpc) is 3.02. The van der Waals surface area contributed by atoms with E-state index in [1.54, 1.807) is 21.8 Å². The van der Waals surface area contributed by atoms with E-state index in [2.05, 4.69) is 12.2 Å². The van der Waals surface area contributed by atoms with Crippen LogP contribution in [-0.2, 0) is 10.0 Å². The van der Waals surface area contributed by atoms with Crippen LogP contribution >= 0.6 is 11.3 Å². The van der Waals surface area contributed by atoms with E-state index in [-0.39, 0.29) is 6.04 Å². The minimum atomic E-state index is -3.45. The van der Waals surface area contributed by atoms with Crippen molar-refractivity contribution in [2.24, 2.45) is 0 Å². The molecule has 1 atom stereocenters. The second-order valence-electron chi connectivity index (χ2n) is 4.97. The molecule has 2 aromatic rings. The molecule has 0 radical (unpaired) electrons. The largest absolute Gasteiger partial charge is 0.310 e. The zero-order chi connectivity index (χ0) is 14.9. The Kier molecular flexibility index (Phi) is 4.01. The summed E-state index contributed by atoms with van der Waals surface area (Å²) >= 11 is 1.26. The molecule has 0 saturated heterocycles. The van der Waals surface area contributed by atoms with Crippen LogP contribution in [0.25, 0.3) is 0 Å². The molecule has 21 heavy (non-hydrogen) atoms. The van der Waals surface area contributed by atoms with E-state index < -0.39 is 10.0 Å². The Morgan fingerprint density at radius 1 is 1.29 bits per heavy atom. The lowest BCUT2D eigenvalue weighted by Crippen LogP contribution is -2.39. The highest BCUT2D eigenvalue weighted by molar-refractivity contribution is 7.94. The molecule has 0 spiro atoms. The molecule has 6 heteroatoms. The van der Waals surface area contributed by atoms with E-state index in [9.17, 15) is 8.42 Å². The molecule has 1 aromatic carbocycles. The Morgan fingerprint density at radius 2 is 2.10 bits per heavy atom. The number of nitrogens with zero attached hydrogens (tertiary/aromatic N) is 1. The summed E-state index contributed by atoms with van der Waals surface area (Å²) < 4.78 is 27.5. The van der Waals surface area contributed by atoms with Crippen molar-refractivity contribution in [2.75, 3.05) is 17.4 Å². The summed E-state index contributed by atoms with van der Waals surface area (Å²) in [6, 6.07) is 11.4. The minimum absolute atomic E-state index is 0.223. The third-order valence-electron chi connectivity index (χ3n) is 3.69. The van der Waals surface area contributed by atoms with Gasteiger partial charge in [-0.05, 0) is 36.0 Å². The van der Waals surface area contributed by atoms with E-state index in [1.165, 1.54) is 11.3 Å². The molecule has 0 saturated carbocycles. The quantitative estimate of drug-likeness (QED) is 0.941. The number of anilines is 1. The lowest BCUT2D eigenvalue weighted by Gasteiger charge is -2.34. The van der Waals surface area contributed by atoms with Crippen LogP contribution < -0.4 is 9.62 Å². The lowest BCUT2D eigenvalue weighted by atomic mass is 9.98. The number of thiophene rings is 1. The van der Waals surface area contributed by atoms with Crippen LogP contribution in [0.4, 0.5) is 5.69 Å². The SMILES string of the molecule is CCNC1CCN(S(=O)(=O)c2cccs2)c2ccccc21. The fourth-order valence-electron chi connectivity index (χ4n) is 2.76. The molecule has 1 unspecified atom stereocenters. The van der Waals surface area contributed by atoms with Crippen molar-refractivity contribution in [1.82, 2.24) is 5.32 Å². The first-order chi connectivity index (χ1) is 10.1. The van der Waals surface area contributed by atoms with Crippen molar-refractivity contribution < 1.29 is 8.42 Å². The van der Waals surface area contributed by atoms with Gasteiger partial charge in [-0.2, -0.15) is 0 Å². The number of rotatable bonds is 4.